The number of hydrogen-bond donors (Lipinski definition) is 2. The van der Waals surface area contributed by atoms with Crippen molar-refractivity contribution in [1.29, 1.82) is 0 Å². The van der Waals surface area contributed by atoms with E-state index in [1.54, 1.807) is 0 Å². The van der Waals surface area contributed by atoms with Crippen molar-refractivity contribution in [3.63, 3.8) is 0 Å². The van der Waals surface area contributed by atoms with E-state index >= 15 is 0 Å². The van der Waals surface area contributed by atoms with Gasteiger partial charge in [-0.05, 0) is 40.8 Å². The summed E-state index contributed by atoms with van der Waals surface area (Å²) in [6.07, 6.45) is 1.48. The number of hydrogen-bond acceptors (Lipinski definition) is 3. The molecule has 2 N–H and O–H groups in total. The first-order valence-corrected chi connectivity index (χ1v) is 6.52. The normalized spacial score (nSPS) is 24.7. The monoisotopic (exact) mass is 289 g/mol. The van der Waals surface area contributed by atoms with E-state index in [0.29, 0.717) is 18.0 Å². The predicted molar refractivity (Wildman–Crippen MR) is 63.1 cm³/mol. The first kappa shape index (κ1) is 11.1. The number of rotatable bonds is 3. The van der Waals surface area contributed by atoms with Crippen LogP contribution in [0.3, 0.4) is 0 Å². The van der Waals surface area contributed by atoms with Crippen molar-refractivity contribution in [2.45, 2.75) is 18.9 Å². The van der Waals surface area contributed by atoms with Crippen molar-refractivity contribution < 1.29 is 9.90 Å². The van der Waals surface area contributed by atoms with Gasteiger partial charge >= 0.3 is 0 Å². The maximum atomic E-state index is 11.6. The summed E-state index contributed by atoms with van der Waals surface area (Å²) in [5.74, 6) is 0.421. The van der Waals surface area contributed by atoms with Gasteiger partial charge in [-0.1, -0.05) is 0 Å². The highest BCUT2D eigenvalue weighted by Gasteiger charge is 2.27. The zero-order valence-electron chi connectivity index (χ0n) is 8.07. The van der Waals surface area contributed by atoms with Crippen molar-refractivity contribution in [3.8, 4) is 0 Å². The van der Waals surface area contributed by atoms with Gasteiger partial charge in [0, 0.05) is 11.9 Å². The van der Waals surface area contributed by atoms with Gasteiger partial charge < -0.3 is 10.4 Å². The van der Waals surface area contributed by atoms with Gasteiger partial charge in [0.2, 0.25) is 0 Å². The molecule has 3 nitrogen and oxygen atoms in total. The summed E-state index contributed by atoms with van der Waals surface area (Å²) >= 11 is 4.82. The van der Waals surface area contributed by atoms with Gasteiger partial charge in [0.1, 0.15) is 0 Å². The minimum atomic E-state index is -0.151. The number of carbonyl (C=O) groups excluding carboxylic acids is 1. The number of nitrogens with one attached hydrogen (secondary N) is 1. The molecule has 1 heterocycles. The van der Waals surface area contributed by atoms with Gasteiger partial charge in [-0.15, -0.1) is 11.3 Å². The van der Waals surface area contributed by atoms with Gasteiger partial charge in [0.05, 0.1) is 15.5 Å². The van der Waals surface area contributed by atoms with Gasteiger partial charge in [-0.25, -0.2) is 0 Å². The smallest absolute Gasteiger partial charge is 0.252 e. The minimum Gasteiger partial charge on any atom is -0.393 e. The first-order valence-electron chi connectivity index (χ1n) is 4.85. The van der Waals surface area contributed by atoms with E-state index in [2.05, 4.69) is 21.2 Å². The Morgan fingerprint density at radius 2 is 2.40 bits per heavy atom. The van der Waals surface area contributed by atoms with Crippen molar-refractivity contribution in [2.75, 3.05) is 6.54 Å². The standard InChI is InChI=1S/C10H12BrNO2S/c11-9-3-7(5-15-9)10(14)12-4-6-1-8(13)2-6/h3,5-6,8,13H,1-2,4H2,(H,12,14). The van der Waals surface area contributed by atoms with Gasteiger partial charge in [-0.3, -0.25) is 4.79 Å². The molecule has 0 radical (unpaired) electrons. The average molecular weight is 290 g/mol. The van der Waals surface area contributed by atoms with E-state index in [1.807, 2.05) is 11.4 Å². The number of amides is 1. The Morgan fingerprint density at radius 1 is 1.67 bits per heavy atom. The maximum absolute atomic E-state index is 11.6. The fourth-order valence-electron chi connectivity index (χ4n) is 1.64. The number of thiophene rings is 1. The highest BCUT2D eigenvalue weighted by molar-refractivity contribution is 9.11. The molecular weight excluding hydrogens is 278 g/mol. The summed E-state index contributed by atoms with van der Waals surface area (Å²) < 4.78 is 0.965. The Kier molecular flexibility index (Phi) is 3.43. The van der Waals surface area contributed by atoms with Crippen molar-refractivity contribution >= 4 is 33.2 Å². The van der Waals surface area contributed by atoms with Crippen LogP contribution in [-0.4, -0.2) is 23.7 Å². The van der Waals surface area contributed by atoms with E-state index < -0.39 is 0 Å². The third kappa shape index (κ3) is 2.80. The fraction of sp³-hybridized carbons (Fsp3) is 0.500. The lowest BCUT2D eigenvalue weighted by atomic mass is 9.82. The SMILES string of the molecule is O=C(NCC1CC(O)C1)c1csc(Br)c1. The maximum Gasteiger partial charge on any atom is 0.252 e. The molecule has 0 aromatic carbocycles. The molecule has 2 rings (SSSR count). The minimum absolute atomic E-state index is 0.0293. The van der Waals surface area contributed by atoms with Crippen molar-refractivity contribution in [2.24, 2.45) is 5.92 Å². The predicted octanol–water partition coefficient (Wildman–Crippen LogP) is 2.01. The summed E-state index contributed by atoms with van der Waals surface area (Å²) in [5, 5.41) is 13.8. The third-order valence-corrected chi connectivity index (χ3v) is 4.10. The molecule has 1 amide bonds. The Morgan fingerprint density at radius 3 is 2.93 bits per heavy atom. The molecule has 1 aromatic rings. The molecule has 15 heavy (non-hydrogen) atoms. The van der Waals surface area contributed by atoms with Crippen LogP contribution in [0.5, 0.6) is 0 Å². The molecule has 1 saturated carbocycles. The van der Waals surface area contributed by atoms with E-state index in [0.717, 1.165) is 16.6 Å². The quantitative estimate of drug-likeness (QED) is 0.894. The van der Waals surface area contributed by atoms with E-state index in [1.165, 1.54) is 11.3 Å². The molecule has 0 bridgehead atoms. The van der Waals surface area contributed by atoms with Crippen LogP contribution < -0.4 is 5.32 Å². The number of aliphatic hydroxyl groups is 1. The van der Waals surface area contributed by atoms with E-state index in [4.69, 9.17) is 5.11 Å². The lowest BCUT2D eigenvalue weighted by Gasteiger charge is -2.31. The molecule has 5 heteroatoms. The largest absolute Gasteiger partial charge is 0.393 e. The molecule has 82 valence electrons. The summed E-state index contributed by atoms with van der Waals surface area (Å²) in [4.78, 5) is 11.6. The number of carbonyl (C=O) groups is 1. The molecule has 0 aliphatic heterocycles. The van der Waals surface area contributed by atoms with Crippen LogP contribution in [0.2, 0.25) is 0 Å². The van der Waals surface area contributed by atoms with E-state index in [9.17, 15) is 4.79 Å². The third-order valence-electron chi connectivity index (χ3n) is 2.59. The van der Waals surface area contributed by atoms with Crippen LogP contribution in [0.1, 0.15) is 23.2 Å². The zero-order chi connectivity index (χ0) is 10.8. The van der Waals surface area contributed by atoms with Gasteiger partial charge in [0.25, 0.3) is 5.91 Å². The summed E-state index contributed by atoms with van der Waals surface area (Å²) in [7, 11) is 0. The van der Waals surface area contributed by atoms with Crippen molar-refractivity contribution in [1.82, 2.24) is 5.32 Å². The topological polar surface area (TPSA) is 49.3 Å². The average Bonchev–Trinajstić information content (AvgIpc) is 2.57. The lowest BCUT2D eigenvalue weighted by Crippen LogP contribution is -2.38. The second kappa shape index (κ2) is 4.63. The summed E-state index contributed by atoms with van der Waals surface area (Å²) in [6, 6.07) is 1.82. The van der Waals surface area contributed by atoms with Crippen LogP contribution in [0.25, 0.3) is 0 Å². The van der Waals surface area contributed by atoms with Gasteiger partial charge in [0.15, 0.2) is 0 Å². The molecule has 1 fully saturated rings. The Bertz CT molecular complexity index is 360. The Labute approximate surface area is 101 Å². The number of aliphatic hydroxyl groups excluding tert-OH is 1. The highest BCUT2D eigenvalue weighted by Crippen LogP contribution is 2.26. The zero-order valence-corrected chi connectivity index (χ0v) is 10.5. The Hall–Kier alpha value is -0.390. The second-order valence-corrected chi connectivity index (χ2v) is 6.13. The lowest BCUT2D eigenvalue weighted by molar-refractivity contribution is 0.0420. The fourth-order valence-corrected chi connectivity index (χ4v) is 2.77. The molecule has 0 saturated heterocycles. The summed E-state index contributed by atoms with van der Waals surface area (Å²) in [5.41, 5.74) is 0.701. The first-order chi connectivity index (χ1) is 7.15. The number of halogens is 1. The van der Waals surface area contributed by atoms with Crippen molar-refractivity contribution in [3.05, 3.63) is 20.8 Å². The molecule has 0 atom stereocenters. The molecule has 0 unspecified atom stereocenters. The summed E-state index contributed by atoms with van der Waals surface area (Å²) in [6.45, 7) is 0.670. The van der Waals surface area contributed by atoms with Crippen LogP contribution in [0.15, 0.2) is 15.2 Å². The molecule has 1 aliphatic rings. The van der Waals surface area contributed by atoms with Crippen LogP contribution in [0.4, 0.5) is 0 Å². The molecule has 0 spiro atoms. The molecule has 1 aromatic heterocycles. The van der Waals surface area contributed by atoms with Gasteiger partial charge in [-0.2, -0.15) is 0 Å². The second-order valence-electron chi connectivity index (χ2n) is 3.84. The van der Waals surface area contributed by atoms with Crippen LogP contribution in [0, 0.1) is 5.92 Å². The van der Waals surface area contributed by atoms with Crippen LogP contribution in [-0.2, 0) is 0 Å². The Balaban J connectivity index is 1.78. The van der Waals surface area contributed by atoms with E-state index in [-0.39, 0.29) is 12.0 Å². The highest BCUT2D eigenvalue weighted by atomic mass is 79.9. The van der Waals surface area contributed by atoms with Crippen LogP contribution >= 0.6 is 27.3 Å². The molecular formula is C10H12BrNO2S. The molecule has 1 aliphatic carbocycles.